The second-order valence-electron chi connectivity index (χ2n) is 4.86. The first-order valence-corrected chi connectivity index (χ1v) is 7.50. The fraction of sp³-hybridized carbons (Fsp3) is 0.235. The van der Waals surface area contributed by atoms with Crippen molar-refractivity contribution in [1.29, 1.82) is 0 Å². The quantitative estimate of drug-likeness (QED) is 0.761. The van der Waals surface area contributed by atoms with E-state index in [1.54, 1.807) is 18.2 Å². The van der Waals surface area contributed by atoms with Crippen LogP contribution in [0.4, 0.5) is 4.39 Å². The van der Waals surface area contributed by atoms with Crippen LogP contribution in [0, 0.1) is 19.7 Å². The number of carbonyl (C=O) groups is 1. The van der Waals surface area contributed by atoms with E-state index in [1.807, 2.05) is 32.0 Å². The first-order valence-electron chi connectivity index (χ1n) is 6.51. The molecule has 0 amide bonds. The summed E-state index contributed by atoms with van der Waals surface area (Å²) >= 11 is 1.26. The Kier molecular flexibility index (Phi) is 4.96. The average Bonchev–Trinajstić information content (AvgIpc) is 2.42. The minimum Gasteiger partial charge on any atom is -0.298 e. The summed E-state index contributed by atoms with van der Waals surface area (Å²) in [6.07, 6.45) is 0.412. The zero-order valence-electron chi connectivity index (χ0n) is 11.7. The van der Waals surface area contributed by atoms with Gasteiger partial charge in [-0.05, 0) is 37.1 Å². The van der Waals surface area contributed by atoms with Gasteiger partial charge in [0.1, 0.15) is 11.6 Å². The first kappa shape index (κ1) is 14.8. The SMILES string of the molecule is Cc1ccc(C)c(CC(=O)CSc2ccccc2F)c1. The highest BCUT2D eigenvalue weighted by atomic mass is 32.2. The van der Waals surface area contributed by atoms with Gasteiger partial charge in [0.05, 0.1) is 5.75 Å². The fourth-order valence-corrected chi connectivity index (χ4v) is 2.77. The third kappa shape index (κ3) is 3.94. The van der Waals surface area contributed by atoms with Crippen molar-refractivity contribution in [2.45, 2.75) is 25.2 Å². The van der Waals surface area contributed by atoms with Crippen LogP contribution in [-0.4, -0.2) is 11.5 Å². The normalized spacial score (nSPS) is 10.6. The standard InChI is InChI=1S/C17H17FOS/c1-12-7-8-13(2)14(9-12)10-15(19)11-20-17-6-4-3-5-16(17)18/h3-9H,10-11H2,1-2H3. The Morgan fingerprint density at radius 3 is 2.65 bits per heavy atom. The second-order valence-corrected chi connectivity index (χ2v) is 5.88. The molecule has 3 heteroatoms. The number of hydrogen-bond donors (Lipinski definition) is 0. The molecule has 104 valence electrons. The summed E-state index contributed by atoms with van der Waals surface area (Å²) in [6, 6.07) is 12.7. The van der Waals surface area contributed by atoms with Crippen LogP contribution in [0.5, 0.6) is 0 Å². The lowest BCUT2D eigenvalue weighted by molar-refractivity contribution is -0.116. The predicted octanol–water partition coefficient (Wildman–Crippen LogP) is 4.35. The van der Waals surface area contributed by atoms with Crippen molar-refractivity contribution < 1.29 is 9.18 Å². The summed E-state index contributed by atoms with van der Waals surface area (Å²) in [5.74, 6) is 0.151. The van der Waals surface area contributed by atoms with Gasteiger partial charge >= 0.3 is 0 Å². The number of ketones is 1. The summed E-state index contributed by atoms with van der Waals surface area (Å²) in [5.41, 5.74) is 3.34. The molecule has 0 aliphatic rings. The topological polar surface area (TPSA) is 17.1 Å². The Bertz CT molecular complexity index is 622. The van der Waals surface area contributed by atoms with Crippen molar-refractivity contribution in [3.8, 4) is 0 Å². The van der Waals surface area contributed by atoms with Gasteiger partial charge in [0.25, 0.3) is 0 Å². The molecule has 0 N–H and O–H groups in total. The van der Waals surface area contributed by atoms with E-state index in [1.165, 1.54) is 17.8 Å². The van der Waals surface area contributed by atoms with E-state index < -0.39 is 0 Å². The number of carbonyl (C=O) groups excluding carboxylic acids is 1. The number of Topliss-reactive ketones (excluding diaryl/α,β-unsaturated/α-hetero) is 1. The molecule has 2 aromatic rings. The molecule has 0 radical (unpaired) electrons. The van der Waals surface area contributed by atoms with Crippen molar-refractivity contribution in [2.24, 2.45) is 0 Å². The summed E-state index contributed by atoms with van der Waals surface area (Å²) in [7, 11) is 0. The van der Waals surface area contributed by atoms with Gasteiger partial charge in [0, 0.05) is 11.3 Å². The highest BCUT2D eigenvalue weighted by molar-refractivity contribution is 8.00. The summed E-state index contributed by atoms with van der Waals surface area (Å²) in [6.45, 7) is 4.02. The van der Waals surface area contributed by atoms with E-state index in [0.717, 1.165) is 16.7 Å². The largest absolute Gasteiger partial charge is 0.298 e. The van der Waals surface area contributed by atoms with E-state index in [4.69, 9.17) is 0 Å². The van der Waals surface area contributed by atoms with Crippen LogP contribution in [0.2, 0.25) is 0 Å². The lowest BCUT2D eigenvalue weighted by Crippen LogP contribution is -2.07. The van der Waals surface area contributed by atoms with E-state index in [-0.39, 0.29) is 11.6 Å². The van der Waals surface area contributed by atoms with Crippen LogP contribution in [0.15, 0.2) is 47.4 Å². The number of halogens is 1. The number of benzene rings is 2. The van der Waals surface area contributed by atoms with Crippen LogP contribution in [0.3, 0.4) is 0 Å². The molecule has 0 unspecified atom stereocenters. The monoisotopic (exact) mass is 288 g/mol. The maximum Gasteiger partial charge on any atom is 0.147 e. The van der Waals surface area contributed by atoms with Gasteiger partial charge in [-0.3, -0.25) is 4.79 Å². The van der Waals surface area contributed by atoms with Gasteiger partial charge in [0.2, 0.25) is 0 Å². The van der Waals surface area contributed by atoms with Crippen molar-refractivity contribution in [3.05, 3.63) is 65.0 Å². The molecule has 0 aromatic heterocycles. The third-order valence-electron chi connectivity index (χ3n) is 3.12. The van der Waals surface area contributed by atoms with Gasteiger partial charge in [-0.2, -0.15) is 0 Å². The zero-order valence-corrected chi connectivity index (χ0v) is 12.5. The van der Waals surface area contributed by atoms with Crippen molar-refractivity contribution in [2.75, 3.05) is 5.75 Å². The lowest BCUT2D eigenvalue weighted by Gasteiger charge is -2.07. The van der Waals surface area contributed by atoms with E-state index >= 15 is 0 Å². The number of rotatable bonds is 5. The second kappa shape index (κ2) is 6.71. The molecule has 0 aliphatic heterocycles. The molecule has 2 rings (SSSR count). The summed E-state index contributed by atoms with van der Waals surface area (Å²) in [4.78, 5) is 12.5. The maximum absolute atomic E-state index is 13.5. The molecule has 0 spiro atoms. The maximum atomic E-state index is 13.5. The molecule has 0 fully saturated rings. The average molecular weight is 288 g/mol. The van der Waals surface area contributed by atoms with Crippen molar-refractivity contribution in [1.82, 2.24) is 0 Å². The molecule has 20 heavy (non-hydrogen) atoms. The highest BCUT2D eigenvalue weighted by Gasteiger charge is 2.09. The van der Waals surface area contributed by atoms with Crippen LogP contribution in [-0.2, 0) is 11.2 Å². The van der Waals surface area contributed by atoms with Gasteiger partial charge < -0.3 is 0 Å². The van der Waals surface area contributed by atoms with Crippen LogP contribution in [0.1, 0.15) is 16.7 Å². The Balaban J connectivity index is 1.96. The number of thioether (sulfide) groups is 1. The molecule has 0 aliphatic carbocycles. The van der Waals surface area contributed by atoms with Gasteiger partial charge in [0.15, 0.2) is 0 Å². The van der Waals surface area contributed by atoms with E-state index in [2.05, 4.69) is 0 Å². The van der Waals surface area contributed by atoms with Crippen molar-refractivity contribution >= 4 is 17.5 Å². The smallest absolute Gasteiger partial charge is 0.147 e. The Morgan fingerprint density at radius 2 is 1.90 bits per heavy atom. The molecule has 0 atom stereocenters. The molecule has 0 saturated carbocycles. The lowest BCUT2D eigenvalue weighted by atomic mass is 10.0. The molecule has 0 heterocycles. The van der Waals surface area contributed by atoms with E-state index in [0.29, 0.717) is 17.1 Å². The Morgan fingerprint density at radius 1 is 1.15 bits per heavy atom. The minimum atomic E-state index is -0.267. The van der Waals surface area contributed by atoms with Crippen LogP contribution in [0.25, 0.3) is 0 Å². The number of hydrogen-bond acceptors (Lipinski definition) is 2. The third-order valence-corrected chi connectivity index (χ3v) is 4.23. The van der Waals surface area contributed by atoms with Crippen molar-refractivity contribution in [3.63, 3.8) is 0 Å². The first-order chi connectivity index (χ1) is 9.56. The summed E-state index contributed by atoms with van der Waals surface area (Å²) < 4.78 is 13.5. The molecular weight excluding hydrogens is 271 g/mol. The number of aryl methyl sites for hydroxylation is 2. The molecule has 2 aromatic carbocycles. The van der Waals surface area contributed by atoms with Gasteiger partial charge in [-0.25, -0.2) is 4.39 Å². The van der Waals surface area contributed by atoms with Gasteiger partial charge in [-0.15, -0.1) is 11.8 Å². The fourth-order valence-electron chi connectivity index (χ4n) is 1.97. The molecule has 0 saturated heterocycles. The van der Waals surface area contributed by atoms with Gasteiger partial charge in [-0.1, -0.05) is 35.9 Å². The Labute approximate surface area is 123 Å². The summed E-state index contributed by atoms with van der Waals surface area (Å²) in [5, 5.41) is 0. The van der Waals surface area contributed by atoms with Crippen LogP contribution < -0.4 is 0 Å². The molecule has 1 nitrogen and oxygen atoms in total. The predicted molar refractivity (Wildman–Crippen MR) is 81.8 cm³/mol. The molecular formula is C17H17FOS. The molecule has 0 bridgehead atoms. The van der Waals surface area contributed by atoms with E-state index in [9.17, 15) is 9.18 Å². The Hall–Kier alpha value is -1.61. The zero-order chi connectivity index (χ0) is 14.5. The highest BCUT2D eigenvalue weighted by Crippen LogP contribution is 2.22. The van der Waals surface area contributed by atoms with Crippen LogP contribution >= 0.6 is 11.8 Å². The minimum absolute atomic E-state index is 0.118.